The van der Waals surface area contributed by atoms with Crippen molar-refractivity contribution < 1.29 is 9.18 Å². The van der Waals surface area contributed by atoms with Gasteiger partial charge in [0.15, 0.2) is 0 Å². The van der Waals surface area contributed by atoms with Gasteiger partial charge in [0.1, 0.15) is 19.9 Å². The molecule has 0 aromatic heterocycles. The van der Waals surface area contributed by atoms with E-state index in [9.17, 15) is 9.18 Å². The van der Waals surface area contributed by atoms with E-state index in [-0.39, 0.29) is 5.82 Å². The minimum absolute atomic E-state index is 0.322. The molecule has 1 aromatic carbocycles. The van der Waals surface area contributed by atoms with Crippen molar-refractivity contribution in [1.29, 1.82) is 0 Å². The van der Waals surface area contributed by atoms with Crippen LogP contribution in [0, 0.1) is 12.7 Å². The molecular weight excluding hydrogens is 142 g/mol. The van der Waals surface area contributed by atoms with Crippen LogP contribution in [0.3, 0.4) is 0 Å². The molecule has 0 aliphatic heterocycles. The molecule has 0 atom stereocenters. The summed E-state index contributed by atoms with van der Waals surface area (Å²) >= 11 is 0. The van der Waals surface area contributed by atoms with Crippen LogP contribution in [0.25, 0.3) is 0 Å². The van der Waals surface area contributed by atoms with E-state index in [1.807, 2.05) is 0 Å². The Morgan fingerprint density at radius 1 is 1.55 bits per heavy atom. The van der Waals surface area contributed by atoms with Crippen molar-refractivity contribution in [2.75, 3.05) is 0 Å². The number of carbonyl (C=O) groups is 1. The fourth-order valence-corrected chi connectivity index (χ4v) is 1.02. The molecule has 3 heteroatoms. The highest BCUT2D eigenvalue weighted by Gasteiger charge is 2.04. The lowest BCUT2D eigenvalue weighted by Gasteiger charge is -2.02. The van der Waals surface area contributed by atoms with Gasteiger partial charge in [-0.2, -0.15) is 0 Å². The zero-order chi connectivity index (χ0) is 8.43. The van der Waals surface area contributed by atoms with Gasteiger partial charge >= 0.3 is 0 Å². The van der Waals surface area contributed by atoms with Crippen LogP contribution in [0.5, 0.6) is 0 Å². The molecule has 0 saturated heterocycles. The molecule has 0 aliphatic rings. The smallest absolute Gasteiger partial charge is 0.149 e. The molecule has 1 rings (SSSR count). The number of halogens is 1. The number of aldehydes is 1. The lowest BCUT2D eigenvalue weighted by atomic mass is 9.88. The molecule has 0 radical (unpaired) electrons. The molecule has 1 nitrogen and oxygen atoms in total. The quantitative estimate of drug-likeness (QED) is 0.413. The summed E-state index contributed by atoms with van der Waals surface area (Å²) in [7, 11) is 1.79. The average Bonchev–Trinajstić information content (AvgIpc) is 1.99. The standard InChI is InChI=1S/C8H8BFO/c1-5-6(4-11)7(9)2-3-8(5)10/h2-4H,9H2,1H3. The highest BCUT2D eigenvalue weighted by molar-refractivity contribution is 6.35. The van der Waals surface area contributed by atoms with Gasteiger partial charge in [-0.15, -0.1) is 0 Å². The van der Waals surface area contributed by atoms with E-state index < -0.39 is 0 Å². The van der Waals surface area contributed by atoms with E-state index >= 15 is 0 Å². The molecule has 0 fully saturated rings. The van der Waals surface area contributed by atoms with E-state index in [4.69, 9.17) is 0 Å². The lowest BCUT2D eigenvalue weighted by molar-refractivity contribution is 0.112. The van der Waals surface area contributed by atoms with Crippen molar-refractivity contribution in [1.82, 2.24) is 0 Å². The maximum Gasteiger partial charge on any atom is 0.149 e. The van der Waals surface area contributed by atoms with E-state index in [1.165, 1.54) is 6.07 Å². The second-order valence-electron chi connectivity index (χ2n) is 2.52. The van der Waals surface area contributed by atoms with Gasteiger partial charge in [-0.3, -0.25) is 4.79 Å². The van der Waals surface area contributed by atoms with Crippen molar-refractivity contribution in [3.63, 3.8) is 0 Å². The zero-order valence-electron chi connectivity index (χ0n) is 6.52. The third-order valence-electron chi connectivity index (χ3n) is 1.78. The maximum absolute atomic E-state index is 12.8. The maximum atomic E-state index is 12.8. The molecule has 0 N–H and O–H groups in total. The van der Waals surface area contributed by atoms with Crippen LogP contribution < -0.4 is 5.46 Å². The molecular formula is C8H8BFO. The summed E-state index contributed by atoms with van der Waals surface area (Å²) in [5.74, 6) is -0.322. The highest BCUT2D eigenvalue weighted by Crippen LogP contribution is 2.06. The molecule has 0 saturated carbocycles. The minimum Gasteiger partial charge on any atom is -0.298 e. The summed E-state index contributed by atoms with van der Waals surface area (Å²) in [6.07, 6.45) is 0.688. The summed E-state index contributed by atoms with van der Waals surface area (Å²) in [4.78, 5) is 10.4. The van der Waals surface area contributed by atoms with Gasteiger partial charge in [-0.1, -0.05) is 11.5 Å². The van der Waals surface area contributed by atoms with Crippen LogP contribution in [-0.4, -0.2) is 14.1 Å². The Kier molecular flexibility index (Phi) is 2.08. The number of rotatable bonds is 1. The minimum atomic E-state index is -0.322. The average molecular weight is 150 g/mol. The van der Waals surface area contributed by atoms with Crippen LogP contribution in [0.2, 0.25) is 0 Å². The van der Waals surface area contributed by atoms with Gasteiger partial charge in [-0.05, 0) is 18.6 Å². The van der Waals surface area contributed by atoms with Gasteiger partial charge in [0, 0.05) is 5.56 Å². The van der Waals surface area contributed by atoms with Gasteiger partial charge in [-0.25, -0.2) is 4.39 Å². The SMILES string of the molecule is Bc1ccc(F)c(C)c1C=O. The lowest BCUT2D eigenvalue weighted by Crippen LogP contribution is -2.12. The van der Waals surface area contributed by atoms with Crippen molar-refractivity contribution >= 4 is 19.6 Å². The molecule has 0 amide bonds. The number of carbonyl (C=O) groups excluding carboxylic acids is 1. The fourth-order valence-electron chi connectivity index (χ4n) is 1.02. The van der Waals surface area contributed by atoms with Crippen LogP contribution in [-0.2, 0) is 0 Å². The first-order valence-electron chi connectivity index (χ1n) is 3.37. The van der Waals surface area contributed by atoms with E-state index in [0.717, 1.165) is 5.46 Å². The third-order valence-corrected chi connectivity index (χ3v) is 1.78. The third kappa shape index (κ3) is 1.32. The van der Waals surface area contributed by atoms with Crippen molar-refractivity contribution in [2.45, 2.75) is 6.92 Å². The summed E-state index contributed by atoms with van der Waals surface area (Å²) in [6, 6.07) is 2.98. The molecule has 0 aliphatic carbocycles. The predicted octanol–water partition coefficient (Wildman–Crippen LogP) is 0.205. The molecule has 0 bridgehead atoms. The second-order valence-corrected chi connectivity index (χ2v) is 2.52. The zero-order valence-corrected chi connectivity index (χ0v) is 6.52. The van der Waals surface area contributed by atoms with E-state index in [2.05, 4.69) is 0 Å². The summed E-state index contributed by atoms with van der Waals surface area (Å²) in [6.45, 7) is 1.60. The van der Waals surface area contributed by atoms with Crippen molar-refractivity contribution in [2.24, 2.45) is 0 Å². The number of hydrogen-bond donors (Lipinski definition) is 0. The Balaban J connectivity index is 3.40. The molecule has 0 heterocycles. The monoisotopic (exact) mass is 150 g/mol. The molecule has 56 valence electrons. The molecule has 0 unspecified atom stereocenters. The van der Waals surface area contributed by atoms with Gasteiger partial charge < -0.3 is 0 Å². The normalized spacial score (nSPS) is 9.64. The van der Waals surface area contributed by atoms with Crippen LogP contribution in [0.15, 0.2) is 12.1 Å². The van der Waals surface area contributed by atoms with Gasteiger partial charge in [0.25, 0.3) is 0 Å². The second kappa shape index (κ2) is 2.87. The van der Waals surface area contributed by atoms with Gasteiger partial charge in [0.2, 0.25) is 0 Å². The van der Waals surface area contributed by atoms with Crippen molar-refractivity contribution in [3.05, 3.63) is 29.1 Å². The van der Waals surface area contributed by atoms with Crippen molar-refractivity contribution in [3.8, 4) is 0 Å². The topological polar surface area (TPSA) is 17.1 Å². The molecule has 0 spiro atoms. The fraction of sp³-hybridized carbons (Fsp3) is 0.125. The summed E-state index contributed by atoms with van der Waals surface area (Å²) < 4.78 is 12.8. The first-order valence-corrected chi connectivity index (χ1v) is 3.37. The Morgan fingerprint density at radius 2 is 2.18 bits per heavy atom. The summed E-state index contributed by atoms with van der Waals surface area (Å²) in [5.41, 5.74) is 1.71. The Hall–Kier alpha value is -1.12. The summed E-state index contributed by atoms with van der Waals surface area (Å²) in [5, 5.41) is 0. The highest BCUT2D eigenvalue weighted by atomic mass is 19.1. The van der Waals surface area contributed by atoms with Crippen LogP contribution >= 0.6 is 0 Å². The number of hydrogen-bond acceptors (Lipinski definition) is 1. The largest absolute Gasteiger partial charge is 0.298 e. The van der Waals surface area contributed by atoms with E-state index in [0.29, 0.717) is 17.4 Å². The molecule has 1 aromatic rings. The van der Waals surface area contributed by atoms with Crippen LogP contribution in [0.1, 0.15) is 15.9 Å². The van der Waals surface area contributed by atoms with E-state index in [1.54, 1.807) is 20.8 Å². The Morgan fingerprint density at radius 3 is 2.64 bits per heavy atom. The Labute approximate surface area is 65.6 Å². The Bertz CT molecular complexity index is 296. The van der Waals surface area contributed by atoms with Crippen LogP contribution in [0.4, 0.5) is 4.39 Å². The number of benzene rings is 1. The predicted molar refractivity (Wildman–Crippen MR) is 44.7 cm³/mol. The molecule has 11 heavy (non-hydrogen) atoms. The van der Waals surface area contributed by atoms with Gasteiger partial charge in [0.05, 0.1) is 0 Å². The first kappa shape index (κ1) is 7.99. The first-order chi connectivity index (χ1) is 5.16.